The van der Waals surface area contributed by atoms with E-state index in [2.05, 4.69) is 47.3 Å². The Morgan fingerprint density at radius 3 is 1.85 bits per heavy atom. The maximum atomic E-state index is 9.17. The molecule has 4 nitrogen and oxygen atoms in total. The second-order valence-electron chi connectivity index (χ2n) is 6.26. The quantitative estimate of drug-likeness (QED) is 0.632. The molecule has 1 N–H and O–H groups in total. The van der Waals surface area contributed by atoms with Crippen LogP contribution in [0.5, 0.6) is 0 Å². The number of allylic oxidation sites excluding steroid dienone is 4. The predicted octanol–water partition coefficient (Wildman–Crippen LogP) is 2.06. The standard InChI is InChI=1S/C23H16N4/c1-27-22(15-25)21(14-24)26-23(27)20-12-10-19(11-13-20)18-8-6-17(7-9-18)16-4-2-3-5-16/h2-13,25H,1H3. The molecular weight excluding hydrogens is 332 g/mol. The highest BCUT2D eigenvalue weighted by Crippen LogP contribution is 2.06. The molecule has 4 heteroatoms. The lowest BCUT2D eigenvalue weighted by atomic mass is 10.1. The highest BCUT2D eigenvalue weighted by molar-refractivity contribution is 5.71. The molecule has 0 saturated heterocycles. The fraction of sp³-hybridized carbons (Fsp3) is 0.0435. The second kappa shape index (κ2) is 6.76. The first kappa shape index (κ1) is 16.5. The van der Waals surface area contributed by atoms with Crippen molar-refractivity contribution in [3.05, 3.63) is 110 Å². The summed E-state index contributed by atoms with van der Waals surface area (Å²) in [5.74, 6) is 2.29. The van der Waals surface area contributed by atoms with Gasteiger partial charge in [0.15, 0.2) is 5.69 Å². The number of hydrogen-bond donors (Lipinski definition) is 1. The van der Waals surface area contributed by atoms with Crippen LogP contribution in [0.4, 0.5) is 0 Å². The van der Waals surface area contributed by atoms with E-state index in [-0.39, 0.29) is 5.69 Å². The average molecular weight is 348 g/mol. The van der Waals surface area contributed by atoms with E-state index >= 15 is 0 Å². The van der Waals surface area contributed by atoms with Gasteiger partial charge in [0.05, 0.1) is 0 Å². The molecule has 2 aromatic carbocycles. The van der Waals surface area contributed by atoms with Crippen LogP contribution in [0.1, 0.15) is 5.69 Å². The number of benzene rings is 2. The summed E-state index contributed by atoms with van der Waals surface area (Å²) in [6, 6.07) is 18.6. The average Bonchev–Trinajstić information content (AvgIpc) is 3.36. The maximum absolute atomic E-state index is 9.17. The van der Waals surface area contributed by atoms with Crippen molar-refractivity contribution in [1.29, 1.82) is 10.7 Å². The highest BCUT2D eigenvalue weighted by atomic mass is 15.0. The Labute approximate surface area is 155 Å². The van der Waals surface area contributed by atoms with E-state index in [4.69, 9.17) is 10.7 Å². The summed E-state index contributed by atoms with van der Waals surface area (Å²) >= 11 is 0. The Morgan fingerprint density at radius 1 is 0.852 bits per heavy atom. The minimum absolute atomic E-state index is 0.217. The Bertz CT molecular complexity index is 1430. The molecule has 1 aliphatic carbocycles. The van der Waals surface area contributed by atoms with Gasteiger partial charge in [-0.3, -0.25) is 5.41 Å². The van der Waals surface area contributed by atoms with Crippen molar-refractivity contribution in [2.75, 3.05) is 0 Å². The first-order chi connectivity index (χ1) is 13.2. The lowest BCUT2D eigenvalue weighted by molar-refractivity contribution is 0.844. The lowest BCUT2D eigenvalue weighted by Crippen LogP contribution is -2.16. The van der Waals surface area contributed by atoms with Crippen LogP contribution in [0.2, 0.25) is 0 Å². The molecule has 0 spiro atoms. The fourth-order valence-corrected chi connectivity index (χ4v) is 3.21. The van der Waals surface area contributed by atoms with Crippen LogP contribution in [-0.2, 0) is 7.05 Å². The minimum atomic E-state index is 0.217. The Kier molecular flexibility index (Phi) is 4.14. The van der Waals surface area contributed by atoms with Crippen LogP contribution in [0, 0.1) is 37.9 Å². The number of aromatic nitrogens is 2. The highest BCUT2D eigenvalue weighted by Gasteiger charge is 2.03. The summed E-state index contributed by atoms with van der Waals surface area (Å²) in [6.45, 7) is 0. The van der Waals surface area contributed by atoms with Crippen molar-refractivity contribution in [1.82, 2.24) is 9.55 Å². The van der Waals surface area contributed by atoms with Gasteiger partial charge >= 0.3 is 0 Å². The van der Waals surface area contributed by atoms with Crippen molar-refractivity contribution >= 4 is 11.4 Å². The summed E-state index contributed by atoms with van der Waals surface area (Å²) in [5, 5.41) is 21.3. The van der Waals surface area contributed by atoms with Gasteiger partial charge in [0.1, 0.15) is 16.9 Å². The zero-order valence-electron chi connectivity index (χ0n) is 14.8. The van der Waals surface area contributed by atoms with Crippen molar-refractivity contribution in [3.8, 4) is 6.07 Å². The van der Waals surface area contributed by atoms with Gasteiger partial charge in [-0.1, -0.05) is 72.8 Å². The predicted molar refractivity (Wildman–Crippen MR) is 104 cm³/mol. The van der Waals surface area contributed by atoms with Crippen LogP contribution < -0.4 is 10.6 Å². The third-order valence-corrected chi connectivity index (χ3v) is 4.68. The molecule has 0 fully saturated rings. The van der Waals surface area contributed by atoms with E-state index in [1.54, 1.807) is 11.6 Å². The molecule has 0 radical (unpaired) electrons. The third kappa shape index (κ3) is 2.93. The molecule has 0 bridgehead atoms. The van der Waals surface area contributed by atoms with Gasteiger partial charge in [0.25, 0.3) is 0 Å². The molecule has 0 amide bonds. The van der Waals surface area contributed by atoms with Gasteiger partial charge in [-0.05, 0) is 21.2 Å². The minimum Gasteiger partial charge on any atom is -0.319 e. The summed E-state index contributed by atoms with van der Waals surface area (Å²) in [5.41, 5.74) is 2.09. The van der Waals surface area contributed by atoms with Crippen LogP contribution in [-0.4, -0.2) is 15.4 Å². The van der Waals surface area contributed by atoms with Crippen molar-refractivity contribution < 1.29 is 0 Å². The molecule has 128 valence electrons. The summed E-state index contributed by atoms with van der Waals surface area (Å²) in [4.78, 5) is 4.33. The zero-order valence-corrected chi connectivity index (χ0v) is 14.8. The molecular formula is C23H16N4. The summed E-state index contributed by atoms with van der Waals surface area (Å²) < 4.78 is 1.72. The monoisotopic (exact) mass is 348 g/mol. The SMILES string of the molecule is Cn1c(=c2ccc(=c3ccc(=C4C=CC=C4)cc3)cc2)nc(C#N)c1=C=N. The molecule has 27 heavy (non-hydrogen) atoms. The lowest BCUT2D eigenvalue weighted by Gasteiger charge is -1.94. The Hall–Kier alpha value is -3.93. The molecule has 0 saturated carbocycles. The third-order valence-electron chi connectivity index (χ3n) is 4.68. The normalized spacial score (nSPS) is 12.2. The van der Waals surface area contributed by atoms with Gasteiger partial charge in [0, 0.05) is 18.1 Å². The number of rotatable bonds is 0. The Morgan fingerprint density at radius 2 is 1.37 bits per heavy atom. The number of nitrogens with zero attached hydrogens (tertiary/aromatic N) is 3. The van der Waals surface area contributed by atoms with E-state index in [0.717, 1.165) is 15.7 Å². The largest absolute Gasteiger partial charge is 0.319 e. The Balaban J connectivity index is 1.93. The molecule has 3 aromatic rings. The van der Waals surface area contributed by atoms with Gasteiger partial charge in [-0.15, -0.1) is 0 Å². The van der Waals surface area contributed by atoms with Gasteiger partial charge in [0.2, 0.25) is 0 Å². The van der Waals surface area contributed by atoms with Crippen LogP contribution in [0.25, 0.3) is 5.57 Å². The van der Waals surface area contributed by atoms with E-state index in [1.165, 1.54) is 10.8 Å². The van der Waals surface area contributed by atoms with E-state index in [9.17, 15) is 0 Å². The maximum Gasteiger partial charge on any atom is 0.176 e. The number of nitrogens with one attached hydrogen (secondary N) is 1. The zero-order chi connectivity index (χ0) is 18.8. The molecule has 0 unspecified atom stereocenters. The van der Waals surface area contributed by atoms with Crippen molar-refractivity contribution in [3.63, 3.8) is 0 Å². The van der Waals surface area contributed by atoms with Crippen LogP contribution >= 0.6 is 0 Å². The summed E-state index contributed by atoms with van der Waals surface area (Å²) in [6.07, 6.45) is 8.29. The van der Waals surface area contributed by atoms with Crippen molar-refractivity contribution in [2.24, 2.45) is 7.05 Å². The van der Waals surface area contributed by atoms with Gasteiger partial charge < -0.3 is 4.57 Å². The van der Waals surface area contributed by atoms with Gasteiger partial charge in [-0.2, -0.15) is 5.26 Å². The summed E-state index contributed by atoms with van der Waals surface area (Å²) in [7, 11) is 1.79. The van der Waals surface area contributed by atoms with E-state index in [0.29, 0.717) is 10.8 Å². The topological polar surface area (TPSA) is 65.5 Å². The second-order valence-corrected chi connectivity index (χ2v) is 6.26. The number of hydrogen-bond acceptors (Lipinski definition) is 3. The fourth-order valence-electron chi connectivity index (χ4n) is 3.21. The molecule has 0 aliphatic heterocycles. The van der Waals surface area contributed by atoms with Crippen LogP contribution in [0.15, 0.2) is 72.8 Å². The molecule has 0 atom stereocenters. The van der Waals surface area contributed by atoms with Gasteiger partial charge in [-0.25, -0.2) is 4.98 Å². The first-order valence-corrected chi connectivity index (χ1v) is 8.54. The molecule has 1 aliphatic rings. The van der Waals surface area contributed by atoms with Crippen molar-refractivity contribution in [2.45, 2.75) is 0 Å². The van der Waals surface area contributed by atoms with Crippen LogP contribution in [0.3, 0.4) is 0 Å². The molecule has 4 rings (SSSR count). The molecule has 1 heterocycles. The number of imidazole rings is 1. The molecule has 1 aromatic heterocycles. The smallest absolute Gasteiger partial charge is 0.176 e. The van der Waals surface area contributed by atoms with E-state index < -0.39 is 0 Å². The number of nitriles is 1. The first-order valence-electron chi connectivity index (χ1n) is 8.54. The van der Waals surface area contributed by atoms with E-state index in [1.807, 2.05) is 42.5 Å².